The maximum absolute atomic E-state index is 12.5. The summed E-state index contributed by atoms with van der Waals surface area (Å²) < 4.78 is 12.0. The van der Waals surface area contributed by atoms with Crippen LogP contribution in [-0.2, 0) is 0 Å². The van der Waals surface area contributed by atoms with E-state index in [2.05, 4.69) is 20.3 Å². The first-order valence-electron chi connectivity index (χ1n) is 6.93. The second-order valence-electron chi connectivity index (χ2n) is 5.08. The molecule has 4 heterocycles. The van der Waals surface area contributed by atoms with E-state index in [0.717, 1.165) is 5.39 Å². The molecule has 0 spiro atoms. The summed E-state index contributed by atoms with van der Waals surface area (Å²) in [5.41, 5.74) is 1.14. The van der Waals surface area contributed by atoms with Gasteiger partial charge in [0.1, 0.15) is 5.69 Å². The summed E-state index contributed by atoms with van der Waals surface area (Å²) in [6.45, 7) is 0.178. The Hall–Kier alpha value is -3.42. The summed E-state index contributed by atoms with van der Waals surface area (Å²) in [7, 11) is 0. The van der Waals surface area contributed by atoms with Crippen LogP contribution in [0.4, 0.5) is 0 Å². The van der Waals surface area contributed by atoms with Crippen LogP contribution in [0.3, 0.4) is 0 Å². The Kier molecular flexibility index (Phi) is 2.27. The van der Waals surface area contributed by atoms with Gasteiger partial charge in [0.15, 0.2) is 23.0 Å². The Morgan fingerprint density at radius 2 is 2.00 bits per heavy atom. The quantitative estimate of drug-likeness (QED) is 0.570. The number of aromatic nitrogens is 5. The van der Waals surface area contributed by atoms with Gasteiger partial charge in [-0.3, -0.25) is 9.89 Å². The summed E-state index contributed by atoms with van der Waals surface area (Å²) in [4.78, 5) is 16.7. The van der Waals surface area contributed by atoms with Crippen LogP contribution in [0.2, 0.25) is 0 Å². The number of fused-ring (bicyclic) bond motifs is 4. The van der Waals surface area contributed by atoms with E-state index in [0.29, 0.717) is 28.5 Å². The number of aromatic amines is 1. The molecular formula is C15H9N5O3. The molecule has 2 aromatic rings. The van der Waals surface area contributed by atoms with Gasteiger partial charge in [0.2, 0.25) is 6.79 Å². The average Bonchev–Trinajstić information content (AvgIpc) is 3.18. The van der Waals surface area contributed by atoms with Gasteiger partial charge in [0.25, 0.3) is 0 Å². The van der Waals surface area contributed by atoms with Crippen LogP contribution >= 0.6 is 0 Å². The molecule has 3 aliphatic heterocycles. The number of H-pyrrole nitrogens is 1. The van der Waals surface area contributed by atoms with Crippen LogP contribution in [-0.4, -0.2) is 31.8 Å². The molecule has 1 aromatic heterocycles. The highest BCUT2D eigenvalue weighted by molar-refractivity contribution is 5.94. The van der Waals surface area contributed by atoms with Gasteiger partial charge < -0.3 is 9.47 Å². The molecule has 112 valence electrons. The van der Waals surface area contributed by atoms with Crippen molar-refractivity contribution in [3.05, 3.63) is 46.9 Å². The third-order valence-electron chi connectivity index (χ3n) is 3.74. The molecule has 0 unspecified atom stereocenters. The van der Waals surface area contributed by atoms with Crippen molar-refractivity contribution in [3.63, 3.8) is 0 Å². The number of benzene rings is 1. The van der Waals surface area contributed by atoms with Crippen LogP contribution in [0.1, 0.15) is 0 Å². The van der Waals surface area contributed by atoms with Gasteiger partial charge in [-0.25, -0.2) is 4.98 Å². The van der Waals surface area contributed by atoms with E-state index in [1.807, 2.05) is 0 Å². The van der Waals surface area contributed by atoms with Crippen molar-refractivity contribution < 1.29 is 9.47 Å². The normalized spacial score (nSPS) is 13.0. The molecule has 3 aliphatic rings. The molecule has 0 bridgehead atoms. The first-order chi connectivity index (χ1) is 11.3. The van der Waals surface area contributed by atoms with Crippen molar-refractivity contribution in [2.24, 2.45) is 0 Å². The van der Waals surface area contributed by atoms with Gasteiger partial charge in [0.05, 0.1) is 5.52 Å². The molecule has 0 aliphatic carbocycles. The van der Waals surface area contributed by atoms with Crippen molar-refractivity contribution in [1.82, 2.24) is 25.0 Å². The molecule has 8 nitrogen and oxygen atoms in total. The Morgan fingerprint density at radius 3 is 2.83 bits per heavy atom. The maximum atomic E-state index is 12.5. The van der Waals surface area contributed by atoms with Gasteiger partial charge >= 0.3 is 5.56 Å². The van der Waals surface area contributed by atoms with Crippen molar-refractivity contribution in [2.45, 2.75) is 0 Å². The fourth-order valence-electron chi connectivity index (χ4n) is 2.66. The molecule has 0 saturated heterocycles. The zero-order chi connectivity index (χ0) is 15.4. The zero-order valence-corrected chi connectivity index (χ0v) is 11.7. The van der Waals surface area contributed by atoms with Gasteiger partial charge in [-0.15, -0.1) is 0 Å². The third-order valence-corrected chi connectivity index (χ3v) is 3.74. The molecular weight excluding hydrogens is 298 g/mol. The van der Waals surface area contributed by atoms with Crippen LogP contribution in [0.25, 0.3) is 28.1 Å². The van der Waals surface area contributed by atoms with E-state index in [9.17, 15) is 4.79 Å². The fraction of sp³-hybridized carbons (Fsp3) is 0.0667. The lowest BCUT2D eigenvalue weighted by Crippen LogP contribution is -2.16. The van der Waals surface area contributed by atoms with Crippen molar-refractivity contribution in [1.29, 1.82) is 0 Å². The summed E-state index contributed by atoms with van der Waals surface area (Å²) in [6, 6.07) is 8.87. The lowest BCUT2D eigenvalue weighted by Gasteiger charge is -2.03. The number of hydrogen-bond acceptors (Lipinski definition) is 6. The predicted octanol–water partition coefficient (Wildman–Crippen LogP) is 1.34. The lowest BCUT2D eigenvalue weighted by molar-refractivity contribution is 0.174. The molecule has 8 heteroatoms. The average molecular weight is 307 g/mol. The Morgan fingerprint density at radius 1 is 1.13 bits per heavy atom. The molecule has 1 N–H and O–H groups in total. The van der Waals surface area contributed by atoms with E-state index in [-0.39, 0.29) is 18.0 Å². The fourth-order valence-corrected chi connectivity index (χ4v) is 2.66. The topological polar surface area (TPSA) is 94.9 Å². The van der Waals surface area contributed by atoms with E-state index >= 15 is 0 Å². The highest BCUT2D eigenvalue weighted by atomic mass is 16.7. The molecule has 0 atom stereocenters. The third kappa shape index (κ3) is 1.65. The molecule has 23 heavy (non-hydrogen) atoms. The number of nitrogens with one attached hydrogen (secondary N) is 1. The number of rotatable bonds is 1. The minimum absolute atomic E-state index is 0.178. The van der Waals surface area contributed by atoms with Crippen LogP contribution in [0.15, 0.2) is 41.3 Å². The Labute approximate surface area is 128 Å². The zero-order valence-electron chi connectivity index (χ0n) is 11.7. The Bertz CT molecular complexity index is 1070. The highest BCUT2D eigenvalue weighted by Gasteiger charge is 2.24. The summed E-state index contributed by atoms with van der Waals surface area (Å²) in [5, 5.41) is 12.1. The van der Waals surface area contributed by atoms with E-state index in [4.69, 9.17) is 9.47 Å². The summed E-state index contributed by atoms with van der Waals surface area (Å²) >= 11 is 0. The van der Waals surface area contributed by atoms with Gasteiger partial charge in [-0.2, -0.15) is 14.9 Å². The minimum atomic E-state index is -0.325. The van der Waals surface area contributed by atoms with Gasteiger partial charge in [-0.1, -0.05) is 6.07 Å². The Balaban J connectivity index is 1.84. The predicted molar refractivity (Wildman–Crippen MR) is 80.0 cm³/mol. The first kappa shape index (κ1) is 12.2. The molecule has 0 saturated carbocycles. The minimum Gasteiger partial charge on any atom is -0.454 e. The van der Waals surface area contributed by atoms with E-state index in [1.54, 1.807) is 36.5 Å². The standard InChI is InChI=1S/C15H9N5O3/c21-15-14-13(19-20(15)12-3-1-2-4-16-12)8-5-10-11(23-7-22-10)6-9(8)17-18-14/h1-6,17H,7H2. The van der Waals surface area contributed by atoms with Crippen LogP contribution in [0, 0.1) is 0 Å². The van der Waals surface area contributed by atoms with E-state index in [1.165, 1.54) is 4.68 Å². The number of ether oxygens (including phenoxy) is 2. The highest BCUT2D eigenvalue weighted by Crippen LogP contribution is 2.37. The maximum Gasteiger partial charge on any atom is 0.302 e. The summed E-state index contributed by atoms with van der Waals surface area (Å²) in [6.07, 6.45) is 1.61. The van der Waals surface area contributed by atoms with Crippen LogP contribution in [0.5, 0.6) is 11.5 Å². The second-order valence-corrected chi connectivity index (χ2v) is 5.08. The number of pyridine rings is 1. The van der Waals surface area contributed by atoms with Crippen molar-refractivity contribution in [3.8, 4) is 28.7 Å². The smallest absolute Gasteiger partial charge is 0.302 e. The van der Waals surface area contributed by atoms with Crippen molar-refractivity contribution in [2.75, 3.05) is 6.79 Å². The van der Waals surface area contributed by atoms with Crippen molar-refractivity contribution >= 4 is 10.9 Å². The van der Waals surface area contributed by atoms with Crippen LogP contribution < -0.4 is 15.0 Å². The van der Waals surface area contributed by atoms with Gasteiger partial charge in [0, 0.05) is 17.6 Å². The SMILES string of the molecule is O=c1c2n[nH]c3cc4c(cc3c-2nn1-c1ccccn1)OCO4. The monoisotopic (exact) mass is 307 g/mol. The van der Waals surface area contributed by atoms with E-state index < -0.39 is 0 Å². The second kappa shape index (κ2) is 4.29. The number of hydrogen-bond donors (Lipinski definition) is 1. The molecule has 0 amide bonds. The number of nitrogens with zero attached hydrogens (tertiary/aromatic N) is 4. The summed E-state index contributed by atoms with van der Waals surface area (Å²) in [5.74, 6) is 1.71. The molecule has 0 fully saturated rings. The first-order valence-corrected chi connectivity index (χ1v) is 6.93. The molecule has 0 radical (unpaired) electrons. The molecule has 5 rings (SSSR count). The van der Waals surface area contributed by atoms with Gasteiger partial charge in [-0.05, 0) is 18.2 Å². The lowest BCUT2D eigenvalue weighted by atomic mass is 10.1. The molecule has 1 aromatic carbocycles. The largest absolute Gasteiger partial charge is 0.454 e.